The molecular weight excluding hydrogens is 230 g/mol. The van der Waals surface area contributed by atoms with Crippen LogP contribution in [-0.2, 0) is 0 Å². The van der Waals surface area contributed by atoms with Crippen LogP contribution in [0.15, 0.2) is 28.7 Å². The van der Waals surface area contributed by atoms with E-state index in [0.29, 0.717) is 11.4 Å². The van der Waals surface area contributed by atoms with Gasteiger partial charge in [-0.1, -0.05) is 12.1 Å². The highest BCUT2D eigenvalue weighted by molar-refractivity contribution is 9.10. The molecule has 0 aliphatic heterocycles. The lowest BCUT2D eigenvalue weighted by atomic mass is 10.3. The normalized spacial score (nSPS) is 11.3. The van der Waals surface area contributed by atoms with Crippen molar-refractivity contribution in [1.29, 1.82) is 0 Å². The number of para-hydroxylation sites is 1. The fraction of sp³-hybridized carbons (Fsp3) is 0.250. The zero-order chi connectivity index (χ0) is 9.19. The Hall–Kier alpha value is -0.640. The summed E-state index contributed by atoms with van der Waals surface area (Å²) in [5, 5.41) is 0. The van der Waals surface area contributed by atoms with Crippen molar-refractivity contribution in [3.8, 4) is 5.75 Å². The summed E-state index contributed by atoms with van der Waals surface area (Å²) in [6, 6.07) is 6.47. The maximum atomic E-state index is 12.3. The Morgan fingerprint density at radius 3 is 2.42 bits per heavy atom. The Morgan fingerprint density at radius 1 is 1.33 bits per heavy atom. The highest BCUT2D eigenvalue weighted by Crippen LogP contribution is 2.28. The monoisotopic (exact) mass is 236 g/mol. The molecule has 0 unspecified atom stereocenters. The van der Waals surface area contributed by atoms with Crippen molar-refractivity contribution in [3.05, 3.63) is 28.7 Å². The van der Waals surface area contributed by atoms with E-state index in [1.165, 1.54) is 6.07 Å². The third kappa shape index (κ3) is 2.77. The zero-order valence-corrected chi connectivity index (χ0v) is 7.94. The summed E-state index contributed by atoms with van der Waals surface area (Å²) in [6.07, 6.45) is -3.14. The molecule has 66 valence electrons. The number of hydrogen-bond acceptors (Lipinski definition) is 1. The Kier molecular flexibility index (Phi) is 2.67. The van der Waals surface area contributed by atoms with Crippen molar-refractivity contribution >= 4 is 15.9 Å². The average molecular weight is 237 g/mol. The standard InChI is InChI=1S/C8H7BrF2O/c1-8(10,11)12-7-5-3-2-4-6(7)9/h2-5H,1H3. The molecule has 0 fully saturated rings. The molecule has 1 aromatic carbocycles. The van der Waals surface area contributed by atoms with E-state index in [9.17, 15) is 8.78 Å². The summed E-state index contributed by atoms with van der Waals surface area (Å²) in [7, 11) is 0. The molecule has 0 aromatic heterocycles. The summed E-state index contributed by atoms with van der Waals surface area (Å²) in [5.74, 6) is 0.144. The number of alkyl halides is 2. The smallest absolute Gasteiger partial charge is 0.394 e. The zero-order valence-electron chi connectivity index (χ0n) is 6.35. The fourth-order valence-electron chi connectivity index (χ4n) is 0.721. The summed E-state index contributed by atoms with van der Waals surface area (Å²) >= 11 is 3.09. The maximum absolute atomic E-state index is 12.3. The van der Waals surface area contributed by atoms with Crippen molar-refractivity contribution in [2.45, 2.75) is 13.0 Å². The lowest BCUT2D eigenvalue weighted by Crippen LogP contribution is -2.19. The first kappa shape index (κ1) is 9.45. The van der Waals surface area contributed by atoms with E-state index in [0.717, 1.165) is 0 Å². The second-order valence-electron chi connectivity index (χ2n) is 2.34. The molecule has 0 N–H and O–H groups in total. The van der Waals surface area contributed by atoms with Gasteiger partial charge in [0.25, 0.3) is 0 Å². The molecule has 0 aliphatic carbocycles. The summed E-state index contributed by atoms with van der Waals surface area (Å²) in [4.78, 5) is 0. The van der Waals surface area contributed by atoms with Crippen molar-refractivity contribution < 1.29 is 13.5 Å². The third-order valence-corrected chi connectivity index (χ3v) is 1.78. The van der Waals surface area contributed by atoms with Crippen LogP contribution in [-0.4, -0.2) is 6.11 Å². The third-order valence-electron chi connectivity index (χ3n) is 1.13. The lowest BCUT2D eigenvalue weighted by Gasteiger charge is -2.13. The molecule has 0 radical (unpaired) electrons. The van der Waals surface area contributed by atoms with E-state index in [1.54, 1.807) is 18.2 Å². The first-order chi connectivity index (χ1) is 5.49. The predicted octanol–water partition coefficient (Wildman–Crippen LogP) is 3.44. The van der Waals surface area contributed by atoms with E-state index in [2.05, 4.69) is 20.7 Å². The highest BCUT2D eigenvalue weighted by atomic mass is 79.9. The molecule has 1 nitrogen and oxygen atoms in total. The largest absolute Gasteiger partial charge is 0.432 e. The molecule has 1 rings (SSSR count). The van der Waals surface area contributed by atoms with Crippen molar-refractivity contribution in [3.63, 3.8) is 0 Å². The Balaban J connectivity index is 2.83. The first-order valence-electron chi connectivity index (χ1n) is 3.30. The predicted molar refractivity (Wildman–Crippen MR) is 45.4 cm³/mol. The van der Waals surface area contributed by atoms with E-state index in [4.69, 9.17) is 0 Å². The molecule has 0 bridgehead atoms. The Bertz CT molecular complexity index is 270. The number of rotatable bonds is 2. The van der Waals surface area contributed by atoms with Crippen LogP contribution in [0.3, 0.4) is 0 Å². The quantitative estimate of drug-likeness (QED) is 0.765. The topological polar surface area (TPSA) is 9.23 Å². The van der Waals surface area contributed by atoms with Gasteiger partial charge in [0.2, 0.25) is 0 Å². The van der Waals surface area contributed by atoms with Crippen LogP contribution < -0.4 is 4.74 Å². The van der Waals surface area contributed by atoms with E-state index in [1.807, 2.05) is 0 Å². The van der Waals surface area contributed by atoms with Crippen molar-refractivity contribution in [2.24, 2.45) is 0 Å². The van der Waals surface area contributed by atoms with Crippen LogP contribution in [0.1, 0.15) is 6.92 Å². The lowest BCUT2D eigenvalue weighted by molar-refractivity contribution is -0.159. The van der Waals surface area contributed by atoms with Crippen LogP contribution in [0.5, 0.6) is 5.75 Å². The van der Waals surface area contributed by atoms with E-state index >= 15 is 0 Å². The van der Waals surface area contributed by atoms with Crippen LogP contribution in [0, 0.1) is 0 Å². The van der Waals surface area contributed by atoms with Gasteiger partial charge in [-0.25, -0.2) is 0 Å². The molecule has 12 heavy (non-hydrogen) atoms. The molecule has 0 amide bonds. The van der Waals surface area contributed by atoms with Gasteiger partial charge in [-0.3, -0.25) is 0 Å². The molecular formula is C8H7BrF2O. The minimum atomic E-state index is -3.14. The number of ether oxygens (including phenoxy) is 1. The van der Waals surface area contributed by atoms with Crippen molar-refractivity contribution in [2.75, 3.05) is 0 Å². The minimum Gasteiger partial charge on any atom is -0.432 e. The molecule has 0 atom stereocenters. The second kappa shape index (κ2) is 3.39. The van der Waals surface area contributed by atoms with Gasteiger partial charge < -0.3 is 4.74 Å². The van der Waals surface area contributed by atoms with Gasteiger partial charge in [0, 0.05) is 6.92 Å². The minimum absolute atomic E-state index is 0.144. The van der Waals surface area contributed by atoms with Gasteiger partial charge in [-0.15, -0.1) is 0 Å². The fourth-order valence-corrected chi connectivity index (χ4v) is 1.09. The maximum Gasteiger partial charge on any atom is 0.394 e. The van der Waals surface area contributed by atoms with Gasteiger partial charge in [0.15, 0.2) is 0 Å². The second-order valence-corrected chi connectivity index (χ2v) is 3.19. The van der Waals surface area contributed by atoms with Crippen molar-refractivity contribution in [1.82, 2.24) is 0 Å². The molecule has 0 saturated heterocycles. The molecule has 0 spiro atoms. The van der Waals surface area contributed by atoms with E-state index < -0.39 is 6.11 Å². The molecule has 4 heteroatoms. The van der Waals surface area contributed by atoms with Crippen LogP contribution in [0.4, 0.5) is 8.78 Å². The molecule has 0 heterocycles. The molecule has 1 aromatic rings. The van der Waals surface area contributed by atoms with Gasteiger partial charge >= 0.3 is 6.11 Å². The van der Waals surface area contributed by atoms with Gasteiger partial charge in [-0.2, -0.15) is 8.78 Å². The van der Waals surface area contributed by atoms with Gasteiger partial charge in [0.1, 0.15) is 5.75 Å². The van der Waals surface area contributed by atoms with Crippen LogP contribution in [0.2, 0.25) is 0 Å². The number of benzene rings is 1. The average Bonchev–Trinajstić information content (AvgIpc) is 1.91. The highest BCUT2D eigenvalue weighted by Gasteiger charge is 2.23. The summed E-state index contributed by atoms with van der Waals surface area (Å²) in [6.45, 7) is 0.701. The molecule has 0 aliphatic rings. The summed E-state index contributed by atoms with van der Waals surface area (Å²) in [5.41, 5.74) is 0. The van der Waals surface area contributed by atoms with Gasteiger partial charge in [0.05, 0.1) is 4.47 Å². The molecule has 0 saturated carbocycles. The Labute approximate surface area is 77.5 Å². The summed E-state index contributed by atoms with van der Waals surface area (Å²) < 4.78 is 29.6. The SMILES string of the molecule is CC(F)(F)Oc1ccccc1Br. The first-order valence-corrected chi connectivity index (χ1v) is 4.10. The number of halogens is 3. The van der Waals surface area contributed by atoms with Gasteiger partial charge in [-0.05, 0) is 28.1 Å². The van der Waals surface area contributed by atoms with E-state index in [-0.39, 0.29) is 5.75 Å². The van der Waals surface area contributed by atoms with Crippen LogP contribution in [0.25, 0.3) is 0 Å². The van der Waals surface area contributed by atoms with Crippen LogP contribution >= 0.6 is 15.9 Å². The number of hydrogen-bond donors (Lipinski definition) is 0. The Morgan fingerprint density at radius 2 is 1.92 bits per heavy atom.